The van der Waals surface area contributed by atoms with E-state index in [1.807, 2.05) is 0 Å². The van der Waals surface area contributed by atoms with Crippen molar-refractivity contribution in [3.05, 3.63) is 22.6 Å². The van der Waals surface area contributed by atoms with Crippen LogP contribution in [0.5, 0.6) is 0 Å². The zero-order chi connectivity index (χ0) is 13.2. The normalized spacial score (nSPS) is 19.5. The summed E-state index contributed by atoms with van der Waals surface area (Å²) in [4.78, 5) is 25.7. The molecule has 6 heteroatoms. The highest BCUT2D eigenvalue weighted by Crippen LogP contribution is 2.29. The standard InChI is InChI=1S/C13H17N3O3/c17-12(10-1-2-10)9-16-13(18)7-11(8-14-16)15-3-5-19-6-4-15/h7-8,10H,1-6,9H2. The Morgan fingerprint density at radius 3 is 2.74 bits per heavy atom. The van der Waals surface area contributed by atoms with Gasteiger partial charge in [-0.25, -0.2) is 4.68 Å². The Morgan fingerprint density at radius 2 is 2.11 bits per heavy atom. The molecule has 1 saturated carbocycles. The summed E-state index contributed by atoms with van der Waals surface area (Å²) in [6, 6.07) is 1.55. The van der Waals surface area contributed by atoms with E-state index in [-0.39, 0.29) is 23.8 Å². The van der Waals surface area contributed by atoms with E-state index in [4.69, 9.17) is 4.74 Å². The summed E-state index contributed by atoms with van der Waals surface area (Å²) in [5.74, 6) is 0.279. The average Bonchev–Trinajstić information content (AvgIpc) is 3.26. The Bertz CT molecular complexity index is 530. The van der Waals surface area contributed by atoms with Gasteiger partial charge in [-0.15, -0.1) is 0 Å². The molecular formula is C13H17N3O3. The molecule has 1 saturated heterocycles. The van der Waals surface area contributed by atoms with Crippen LogP contribution in [-0.2, 0) is 16.1 Å². The van der Waals surface area contributed by atoms with Crippen molar-refractivity contribution in [1.29, 1.82) is 0 Å². The number of carbonyl (C=O) groups is 1. The van der Waals surface area contributed by atoms with Gasteiger partial charge in [-0.3, -0.25) is 9.59 Å². The van der Waals surface area contributed by atoms with Gasteiger partial charge in [0.15, 0.2) is 5.78 Å². The lowest BCUT2D eigenvalue weighted by atomic mass is 10.2. The molecule has 1 aromatic rings. The topological polar surface area (TPSA) is 64.4 Å². The summed E-state index contributed by atoms with van der Waals surface area (Å²) < 4.78 is 6.53. The lowest BCUT2D eigenvalue weighted by Gasteiger charge is -2.28. The second-order valence-corrected chi connectivity index (χ2v) is 5.05. The highest BCUT2D eigenvalue weighted by molar-refractivity contribution is 5.82. The van der Waals surface area contributed by atoms with E-state index < -0.39 is 0 Å². The van der Waals surface area contributed by atoms with Gasteiger partial charge in [0.25, 0.3) is 5.56 Å². The number of hydrogen-bond donors (Lipinski definition) is 0. The van der Waals surface area contributed by atoms with Crippen LogP contribution in [0.4, 0.5) is 5.69 Å². The summed E-state index contributed by atoms with van der Waals surface area (Å²) in [6.07, 6.45) is 3.58. The first-order valence-electron chi connectivity index (χ1n) is 6.66. The van der Waals surface area contributed by atoms with Crippen LogP contribution in [0.1, 0.15) is 12.8 Å². The SMILES string of the molecule is O=C(Cn1ncc(N2CCOCC2)cc1=O)C1CC1. The number of morpholine rings is 1. The van der Waals surface area contributed by atoms with Gasteiger partial charge < -0.3 is 9.64 Å². The first kappa shape index (κ1) is 12.3. The summed E-state index contributed by atoms with van der Waals surface area (Å²) in [7, 11) is 0. The minimum Gasteiger partial charge on any atom is -0.378 e. The maximum absolute atomic E-state index is 12.0. The molecule has 1 aromatic heterocycles. The van der Waals surface area contributed by atoms with Gasteiger partial charge in [-0.2, -0.15) is 5.10 Å². The average molecular weight is 263 g/mol. The van der Waals surface area contributed by atoms with Crippen LogP contribution in [0.2, 0.25) is 0 Å². The van der Waals surface area contributed by atoms with Crippen molar-refractivity contribution in [2.75, 3.05) is 31.2 Å². The minimum absolute atomic E-state index is 0.104. The van der Waals surface area contributed by atoms with Crippen molar-refractivity contribution >= 4 is 11.5 Å². The van der Waals surface area contributed by atoms with Gasteiger partial charge in [0.05, 0.1) is 25.1 Å². The third-order valence-corrected chi connectivity index (χ3v) is 3.57. The molecular weight excluding hydrogens is 246 g/mol. The van der Waals surface area contributed by atoms with E-state index in [1.54, 1.807) is 12.3 Å². The van der Waals surface area contributed by atoms with Crippen LogP contribution >= 0.6 is 0 Å². The van der Waals surface area contributed by atoms with E-state index in [0.29, 0.717) is 13.2 Å². The lowest BCUT2D eigenvalue weighted by molar-refractivity contribution is -0.121. The molecule has 3 rings (SSSR count). The van der Waals surface area contributed by atoms with Crippen LogP contribution < -0.4 is 10.5 Å². The number of rotatable bonds is 4. The molecule has 19 heavy (non-hydrogen) atoms. The van der Waals surface area contributed by atoms with Crippen molar-refractivity contribution in [3.63, 3.8) is 0 Å². The van der Waals surface area contributed by atoms with Gasteiger partial charge >= 0.3 is 0 Å². The third kappa shape index (κ3) is 2.84. The molecule has 0 N–H and O–H groups in total. The molecule has 0 amide bonds. The van der Waals surface area contributed by atoms with Crippen molar-refractivity contribution in [1.82, 2.24) is 9.78 Å². The van der Waals surface area contributed by atoms with Crippen LogP contribution in [0.15, 0.2) is 17.1 Å². The van der Waals surface area contributed by atoms with E-state index >= 15 is 0 Å². The smallest absolute Gasteiger partial charge is 0.269 e. The molecule has 6 nitrogen and oxygen atoms in total. The molecule has 102 valence electrons. The molecule has 2 fully saturated rings. The predicted octanol–water partition coefficient (Wildman–Crippen LogP) is 0.0590. The number of nitrogens with zero attached hydrogens (tertiary/aromatic N) is 3. The monoisotopic (exact) mass is 263 g/mol. The summed E-state index contributed by atoms with van der Waals surface area (Å²) in [5.41, 5.74) is 0.599. The Kier molecular flexibility index (Phi) is 3.33. The van der Waals surface area contributed by atoms with E-state index in [0.717, 1.165) is 31.6 Å². The van der Waals surface area contributed by atoms with Crippen molar-refractivity contribution in [2.24, 2.45) is 5.92 Å². The van der Waals surface area contributed by atoms with Crippen molar-refractivity contribution in [3.8, 4) is 0 Å². The lowest BCUT2D eigenvalue weighted by Crippen LogP contribution is -2.37. The molecule has 2 heterocycles. The van der Waals surface area contributed by atoms with Crippen LogP contribution in [0, 0.1) is 5.92 Å². The van der Waals surface area contributed by atoms with Gasteiger partial charge in [-0.1, -0.05) is 0 Å². The Balaban J connectivity index is 1.73. The highest BCUT2D eigenvalue weighted by atomic mass is 16.5. The third-order valence-electron chi connectivity index (χ3n) is 3.57. The quantitative estimate of drug-likeness (QED) is 0.768. The first-order valence-corrected chi connectivity index (χ1v) is 6.66. The maximum atomic E-state index is 12.0. The summed E-state index contributed by atoms with van der Waals surface area (Å²) in [5, 5.41) is 4.10. The van der Waals surface area contributed by atoms with Gasteiger partial charge in [-0.05, 0) is 12.8 Å². The fourth-order valence-corrected chi connectivity index (χ4v) is 2.22. The van der Waals surface area contributed by atoms with E-state index in [1.165, 1.54) is 4.68 Å². The highest BCUT2D eigenvalue weighted by Gasteiger charge is 2.29. The number of ketones is 1. The second-order valence-electron chi connectivity index (χ2n) is 5.05. The Hall–Kier alpha value is -1.69. The zero-order valence-corrected chi connectivity index (χ0v) is 10.7. The molecule has 0 spiro atoms. The van der Waals surface area contributed by atoms with Crippen LogP contribution in [-0.4, -0.2) is 41.9 Å². The molecule has 2 aliphatic rings. The fraction of sp³-hybridized carbons (Fsp3) is 0.615. The Morgan fingerprint density at radius 1 is 1.37 bits per heavy atom. The number of ether oxygens (including phenoxy) is 1. The van der Waals surface area contributed by atoms with Gasteiger partial charge in [0.1, 0.15) is 6.54 Å². The first-order chi connectivity index (χ1) is 9.24. The number of Topliss-reactive ketones (excluding diaryl/α,β-unsaturated/α-hetero) is 1. The predicted molar refractivity (Wildman–Crippen MR) is 69.3 cm³/mol. The molecule has 1 aliphatic carbocycles. The van der Waals surface area contributed by atoms with Gasteiger partial charge in [0, 0.05) is 25.1 Å². The molecule has 0 radical (unpaired) electrons. The van der Waals surface area contributed by atoms with Gasteiger partial charge in [0.2, 0.25) is 0 Å². The molecule has 0 unspecified atom stereocenters. The fourth-order valence-electron chi connectivity index (χ4n) is 2.22. The number of anilines is 1. The van der Waals surface area contributed by atoms with Crippen LogP contribution in [0.3, 0.4) is 0 Å². The maximum Gasteiger partial charge on any atom is 0.269 e. The molecule has 0 bridgehead atoms. The molecule has 0 atom stereocenters. The number of hydrogen-bond acceptors (Lipinski definition) is 5. The summed E-state index contributed by atoms with van der Waals surface area (Å²) in [6.45, 7) is 2.98. The van der Waals surface area contributed by atoms with E-state index in [9.17, 15) is 9.59 Å². The van der Waals surface area contributed by atoms with Crippen molar-refractivity contribution < 1.29 is 9.53 Å². The number of aromatic nitrogens is 2. The molecule has 0 aromatic carbocycles. The van der Waals surface area contributed by atoms with Crippen molar-refractivity contribution in [2.45, 2.75) is 19.4 Å². The second kappa shape index (κ2) is 5.13. The largest absolute Gasteiger partial charge is 0.378 e. The minimum atomic E-state index is -0.210. The molecule has 1 aliphatic heterocycles. The van der Waals surface area contributed by atoms with Crippen LogP contribution in [0.25, 0.3) is 0 Å². The number of carbonyl (C=O) groups excluding carboxylic acids is 1. The summed E-state index contributed by atoms with van der Waals surface area (Å²) >= 11 is 0. The van der Waals surface area contributed by atoms with E-state index in [2.05, 4.69) is 10.00 Å². The zero-order valence-electron chi connectivity index (χ0n) is 10.7. The Labute approximate surface area is 111 Å².